The molecule has 1 saturated carbocycles. The van der Waals surface area contributed by atoms with Crippen molar-refractivity contribution in [2.75, 3.05) is 0 Å². The Morgan fingerprint density at radius 1 is 0.889 bits per heavy atom. The van der Waals surface area contributed by atoms with Crippen LogP contribution in [-0.2, 0) is 0 Å². The second-order valence-electron chi connectivity index (χ2n) is 6.10. The Morgan fingerprint density at radius 3 is 2.19 bits per heavy atom. The highest BCUT2D eigenvalue weighted by atomic mass is 19.4. The molecule has 0 amide bonds. The zero-order valence-electron chi connectivity index (χ0n) is 13.7. The lowest BCUT2D eigenvalue weighted by molar-refractivity contribution is -0.275. The number of nitrogens with zero attached hydrogens (tertiary/aromatic N) is 4. The van der Waals surface area contributed by atoms with Crippen LogP contribution in [0.25, 0.3) is 11.6 Å². The summed E-state index contributed by atoms with van der Waals surface area (Å²) in [5, 5.41) is 0. The van der Waals surface area contributed by atoms with E-state index in [0.717, 1.165) is 17.7 Å². The largest absolute Gasteiger partial charge is 0.573 e. The molecule has 0 unspecified atom stereocenters. The van der Waals surface area contributed by atoms with Crippen molar-refractivity contribution in [3.05, 3.63) is 66.0 Å². The fourth-order valence-electron chi connectivity index (χ4n) is 2.94. The number of rotatable bonds is 4. The smallest absolute Gasteiger partial charge is 0.403 e. The van der Waals surface area contributed by atoms with Gasteiger partial charge in [-0.15, -0.1) is 13.2 Å². The zero-order valence-corrected chi connectivity index (χ0v) is 13.7. The van der Waals surface area contributed by atoms with Gasteiger partial charge in [-0.1, -0.05) is 6.07 Å². The molecule has 1 aliphatic rings. The summed E-state index contributed by atoms with van der Waals surface area (Å²) in [6.07, 6.45) is 2.25. The molecule has 0 saturated heterocycles. The van der Waals surface area contributed by atoms with Gasteiger partial charge in [-0.2, -0.15) is 0 Å². The zero-order chi connectivity index (χ0) is 19.0. The Balaban J connectivity index is 1.50. The lowest BCUT2D eigenvalue weighted by Gasteiger charge is -2.11. The number of benzene rings is 1. The first-order chi connectivity index (χ1) is 12.9. The van der Waals surface area contributed by atoms with Gasteiger partial charge in [0.1, 0.15) is 0 Å². The molecule has 0 aliphatic heterocycles. The maximum absolute atomic E-state index is 13.6. The van der Waals surface area contributed by atoms with Crippen molar-refractivity contribution in [3.63, 3.8) is 0 Å². The summed E-state index contributed by atoms with van der Waals surface area (Å²) in [7, 11) is 0. The van der Waals surface area contributed by atoms with Crippen LogP contribution in [0, 0.1) is 5.82 Å². The first-order valence-electron chi connectivity index (χ1n) is 8.05. The highest BCUT2D eigenvalue weighted by Gasteiger charge is 2.41. The van der Waals surface area contributed by atoms with Crippen molar-refractivity contribution in [2.24, 2.45) is 0 Å². The minimum atomic E-state index is -4.94. The molecule has 2 heterocycles. The second kappa shape index (κ2) is 6.57. The van der Waals surface area contributed by atoms with Crippen LogP contribution >= 0.6 is 0 Å². The van der Waals surface area contributed by atoms with E-state index in [1.54, 1.807) is 30.9 Å². The van der Waals surface area contributed by atoms with Gasteiger partial charge in [0.25, 0.3) is 0 Å². The van der Waals surface area contributed by atoms with Crippen LogP contribution in [0.4, 0.5) is 17.6 Å². The molecule has 4 rings (SSSR count). The average Bonchev–Trinajstić information content (AvgIpc) is 3.44. The third kappa shape index (κ3) is 3.86. The van der Waals surface area contributed by atoms with Crippen molar-refractivity contribution in [3.8, 4) is 17.4 Å². The van der Waals surface area contributed by atoms with E-state index in [-0.39, 0.29) is 11.8 Å². The lowest BCUT2D eigenvalue weighted by Crippen LogP contribution is -2.18. The summed E-state index contributed by atoms with van der Waals surface area (Å²) < 4.78 is 54.4. The highest BCUT2D eigenvalue weighted by Crippen LogP contribution is 2.55. The summed E-state index contributed by atoms with van der Waals surface area (Å²) in [5.74, 6) is -1.06. The quantitative estimate of drug-likeness (QED) is 0.638. The molecule has 0 bridgehead atoms. The topological polar surface area (TPSA) is 60.8 Å². The Kier molecular flexibility index (Phi) is 4.21. The maximum Gasteiger partial charge on any atom is 0.573 e. The van der Waals surface area contributed by atoms with E-state index in [0.29, 0.717) is 23.6 Å². The molecular weight excluding hydrogens is 364 g/mol. The van der Waals surface area contributed by atoms with Crippen molar-refractivity contribution >= 4 is 0 Å². The van der Waals surface area contributed by atoms with Gasteiger partial charge in [-0.3, -0.25) is 0 Å². The van der Waals surface area contributed by atoms with E-state index in [1.807, 2.05) is 0 Å². The number of halogens is 4. The lowest BCUT2D eigenvalue weighted by atomic mass is 10.1. The molecule has 0 N–H and O–H groups in total. The minimum absolute atomic E-state index is 0.0383. The number of aromatic nitrogens is 4. The molecule has 0 spiro atoms. The fraction of sp³-hybridized carbons (Fsp3) is 0.222. The summed E-state index contributed by atoms with van der Waals surface area (Å²) in [5.41, 5.74) is 1.43. The first kappa shape index (κ1) is 17.3. The normalized spacial score (nSPS) is 19.0. The SMILES string of the molecule is Fc1ccc([C@H]2C[C@H]2c2cnc(-c3ncccn3)nc2)cc1OC(F)(F)F. The molecule has 9 heteroatoms. The van der Waals surface area contributed by atoms with Gasteiger partial charge >= 0.3 is 6.36 Å². The first-order valence-corrected chi connectivity index (χ1v) is 8.05. The molecule has 2 aromatic heterocycles. The molecule has 1 aromatic carbocycles. The van der Waals surface area contributed by atoms with Crippen LogP contribution in [0.15, 0.2) is 49.1 Å². The second-order valence-corrected chi connectivity index (χ2v) is 6.10. The molecule has 1 fully saturated rings. The maximum atomic E-state index is 13.6. The van der Waals surface area contributed by atoms with Gasteiger partial charge in [0.05, 0.1) is 0 Å². The molecular formula is C18H12F4N4O. The van der Waals surface area contributed by atoms with Crippen LogP contribution in [0.3, 0.4) is 0 Å². The van der Waals surface area contributed by atoms with Crippen LogP contribution < -0.4 is 4.74 Å². The molecule has 2 atom stereocenters. The van der Waals surface area contributed by atoms with Gasteiger partial charge < -0.3 is 4.74 Å². The third-order valence-corrected chi connectivity index (χ3v) is 4.27. The van der Waals surface area contributed by atoms with Crippen LogP contribution in [0.2, 0.25) is 0 Å². The molecule has 3 aromatic rings. The van der Waals surface area contributed by atoms with Crippen LogP contribution in [0.5, 0.6) is 5.75 Å². The van der Waals surface area contributed by atoms with Crippen LogP contribution in [0.1, 0.15) is 29.4 Å². The average molecular weight is 376 g/mol. The summed E-state index contributed by atoms with van der Waals surface area (Å²) in [4.78, 5) is 16.6. The molecule has 27 heavy (non-hydrogen) atoms. The Labute approximate surface area is 151 Å². The van der Waals surface area contributed by atoms with E-state index >= 15 is 0 Å². The van der Waals surface area contributed by atoms with E-state index in [1.165, 1.54) is 6.07 Å². The van der Waals surface area contributed by atoms with Crippen LogP contribution in [-0.4, -0.2) is 26.3 Å². The standard InChI is InChI=1S/C18H12F4N4O/c19-14-3-2-10(6-15(14)27-18(20,21)22)12-7-13(12)11-8-25-17(26-9-11)16-23-4-1-5-24-16/h1-6,8-9,12-13H,7H2/t12-,13+/m1/s1. The van der Waals surface area contributed by atoms with Crippen molar-refractivity contribution < 1.29 is 22.3 Å². The summed E-state index contributed by atoms with van der Waals surface area (Å²) in [6.45, 7) is 0. The number of hydrogen-bond acceptors (Lipinski definition) is 5. The van der Waals surface area contributed by atoms with Crippen molar-refractivity contribution in [1.29, 1.82) is 0 Å². The molecule has 138 valence electrons. The summed E-state index contributed by atoms with van der Waals surface area (Å²) in [6, 6.07) is 5.24. The van der Waals surface area contributed by atoms with Gasteiger partial charge in [0.2, 0.25) is 0 Å². The highest BCUT2D eigenvalue weighted by molar-refractivity contribution is 5.44. The minimum Gasteiger partial charge on any atom is -0.403 e. The third-order valence-electron chi connectivity index (χ3n) is 4.27. The number of ether oxygens (including phenoxy) is 1. The van der Waals surface area contributed by atoms with E-state index in [9.17, 15) is 17.6 Å². The van der Waals surface area contributed by atoms with Gasteiger partial charge in [0.15, 0.2) is 23.2 Å². The Morgan fingerprint density at radius 2 is 1.52 bits per heavy atom. The monoisotopic (exact) mass is 376 g/mol. The van der Waals surface area contributed by atoms with E-state index < -0.39 is 17.9 Å². The van der Waals surface area contributed by atoms with E-state index in [2.05, 4.69) is 24.7 Å². The predicted octanol–water partition coefficient (Wildman–Crippen LogP) is 4.24. The van der Waals surface area contributed by atoms with E-state index in [4.69, 9.17) is 0 Å². The fourth-order valence-corrected chi connectivity index (χ4v) is 2.94. The summed E-state index contributed by atoms with van der Waals surface area (Å²) >= 11 is 0. The molecule has 1 aliphatic carbocycles. The van der Waals surface area contributed by atoms with Crippen molar-refractivity contribution in [2.45, 2.75) is 24.6 Å². The van der Waals surface area contributed by atoms with Gasteiger partial charge in [0, 0.05) is 24.8 Å². The van der Waals surface area contributed by atoms with Gasteiger partial charge in [-0.05, 0) is 47.6 Å². The van der Waals surface area contributed by atoms with Gasteiger partial charge in [-0.25, -0.2) is 24.3 Å². The molecule has 0 radical (unpaired) electrons. The van der Waals surface area contributed by atoms with Crippen molar-refractivity contribution in [1.82, 2.24) is 19.9 Å². The number of alkyl halides is 3. The number of hydrogen-bond donors (Lipinski definition) is 0. The molecule has 5 nitrogen and oxygen atoms in total. The Bertz CT molecular complexity index is 948. The Hall–Kier alpha value is -3.10. The predicted molar refractivity (Wildman–Crippen MR) is 86.2 cm³/mol.